The molecule has 4 rings (SSSR count). The van der Waals surface area contributed by atoms with Crippen molar-refractivity contribution in [1.29, 1.82) is 5.26 Å². The van der Waals surface area contributed by atoms with E-state index in [-0.39, 0.29) is 50.9 Å². The van der Waals surface area contributed by atoms with Crippen molar-refractivity contribution in [1.82, 2.24) is 10.5 Å². The number of rotatable bonds is 7. The van der Waals surface area contributed by atoms with E-state index in [1.54, 1.807) is 31.2 Å². The van der Waals surface area contributed by atoms with Crippen molar-refractivity contribution in [2.75, 3.05) is 17.2 Å². The number of aromatic carboxylic acids is 1. The van der Waals surface area contributed by atoms with Crippen LogP contribution < -0.4 is 16.0 Å². The highest BCUT2D eigenvalue weighted by molar-refractivity contribution is 6.15. The average Bonchev–Trinajstić information content (AvgIpc) is 3.31. The van der Waals surface area contributed by atoms with Crippen molar-refractivity contribution >= 4 is 46.0 Å². The number of carbonyl (C=O) groups excluding carboxylic acids is 3. The number of aromatic nitrogens is 1. The molecule has 0 atom stereocenters. The van der Waals surface area contributed by atoms with E-state index in [1.807, 2.05) is 13.0 Å². The van der Waals surface area contributed by atoms with Crippen LogP contribution in [-0.4, -0.2) is 40.5 Å². The Hall–Kier alpha value is -5.50. The number of carboxylic acid groups (broad SMARTS) is 1. The van der Waals surface area contributed by atoms with Crippen LogP contribution in [0.4, 0.5) is 11.4 Å². The molecule has 3 aromatic carbocycles. The van der Waals surface area contributed by atoms with Gasteiger partial charge in [-0.3, -0.25) is 14.4 Å². The highest BCUT2D eigenvalue weighted by Crippen LogP contribution is 2.34. The van der Waals surface area contributed by atoms with Crippen molar-refractivity contribution in [3.05, 3.63) is 76.5 Å². The SMILES string of the molecule is CCNC(=O)c1cc2c(C(=O)Nc3ccc(C#N)cc3C(=O)O)noc2cc1-c1ccc(NC(C)=O)cc1C. The molecule has 0 saturated heterocycles. The molecule has 0 aliphatic rings. The van der Waals surface area contributed by atoms with Crippen LogP contribution >= 0.6 is 0 Å². The zero-order chi connectivity index (χ0) is 28.3. The third-order valence-electron chi connectivity index (χ3n) is 5.87. The van der Waals surface area contributed by atoms with Gasteiger partial charge in [-0.2, -0.15) is 5.26 Å². The van der Waals surface area contributed by atoms with Crippen LogP contribution in [0.25, 0.3) is 22.1 Å². The molecule has 4 N–H and O–H groups in total. The molecular weight excluding hydrogens is 502 g/mol. The molecule has 0 fully saturated rings. The molecule has 3 amide bonds. The van der Waals surface area contributed by atoms with Crippen molar-refractivity contribution in [2.45, 2.75) is 20.8 Å². The van der Waals surface area contributed by atoms with Gasteiger partial charge in [-0.05, 0) is 73.0 Å². The van der Waals surface area contributed by atoms with Crippen molar-refractivity contribution in [3.63, 3.8) is 0 Å². The monoisotopic (exact) mass is 525 g/mol. The Bertz CT molecular complexity index is 1700. The lowest BCUT2D eigenvalue weighted by Gasteiger charge is -2.14. The second-order valence-electron chi connectivity index (χ2n) is 8.63. The van der Waals surface area contributed by atoms with Crippen LogP contribution in [-0.2, 0) is 4.79 Å². The molecule has 0 unspecified atom stereocenters. The predicted molar refractivity (Wildman–Crippen MR) is 143 cm³/mol. The molecule has 0 aliphatic carbocycles. The molecular formula is C28H23N5O6. The topological polar surface area (TPSA) is 174 Å². The quantitative estimate of drug-likeness (QED) is 0.276. The summed E-state index contributed by atoms with van der Waals surface area (Å²) in [5.74, 6) is -2.68. The van der Waals surface area contributed by atoms with Crippen molar-refractivity contribution < 1.29 is 28.8 Å². The Kier molecular flexibility index (Phi) is 7.39. The number of nitrogens with one attached hydrogen (secondary N) is 3. The van der Waals surface area contributed by atoms with Crippen LogP contribution in [0.3, 0.4) is 0 Å². The smallest absolute Gasteiger partial charge is 0.337 e. The van der Waals surface area contributed by atoms with Gasteiger partial charge in [0.05, 0.1) is 28.3 Å². The zero-order valence-electron chi connectivity index (χ0n) is 21.2. The summed E-state index contributed by atoms with van der Waals surface area (Å²) in [5.41, 5.74) is 2.79. The fourth-order valence-corrected chi connectivity index (χ4v) is 4.14. The largest absolute Gasteiger partial charge is 0.478 e. The van der Waals surface area contributed by atoms with E-state index in [0.29, 0.717) is 23.4 Å². The minimum Gasteiger partial charge on any atom is -0.478 e. The fraction of sp³-hybridized carbons (Fsp3) is 0.143. The standard InChI is InChI=1S/C28H23N5O6/c1-4-30-26(35)20-11-22-24(12-19(20)18-7-6-17(9-14(18)2)31-15(3)34)39-33-25(22)27(36)32-23-8-5-16(13-29)10-21(23)28(37)38/h5-12H,4H2,1-3H3,(H,30,35)(H,31,34)(H,32,36)(H,37,38). The van der Waals surface area contributed by atoms with Crippen LogP contribution in [0.2, 0.25) is 0 Å². The summed E-state index contributed by atoms with van der Waals surface area (Å²) in [7, 11) is 0. The molecule has 4 aromatic rings. The second kappa shape index (κ2) is 10.9. The first-order valence-electron chi connectivity index (χ1n) is 11.8. The molecule has 0 aliphatic heterocycles. The van der Waals surface area contributed by atoms with Gasteiger partial charge >= 0.3 is 5.97 Å². The lowest BCUT2D eigenvalue weighted by Crippen LogP contribution is -2.23. The summed E-state index contributed by atoms with van der Waals surface area (Å²) in [6.45, 7) is 5.39. The van der Waals surface area contributed by atoms with E-state index in [2.05, 4.69) is 21.1 Å². The first-order valence-corrected chi connectivity index (χ1v) is 11.8. The van der Waals surface area contributed by atoms with Crippen LogP contribution in [0.15, 0.2) is 53.1 Å². The summed E-state index contributed by atoms with van der Waals surface area (Å²) in [6.07, 6.45) is 0. The third-order valence-corrected chi connectivity index (χ3v) is 5.87. The summed E-state index contributed by atoms with van der Waals surface area (Å²) in [5, 5.41) is 30.7. The van der Waals surface area contributed by atoms with E-state index in [1.165, 1.54) is 25.1 Å². The van der Waals surface area contributed by atoms with Crippen molar-refractivity contribution in [2.24, 2.45) is 0 Å². The second-order valence-corrected chi connectivity index (χ2v) is 8.63. The Morgan fingerprint density at radius 1 is 0.974 bits per heavy atom. The first-order chi connectivity index (χ1) is 18.6. The number of nitriles is 1. The molecule has 1 aromatic heterocycles. The normalized spacial score (nSPS) is 10.5. The number of carbonyl (C=O) groups is 4. The van der Waals surface area contributed by atoms with E-state index in [4.69, 9.17) is 9.78 Å². The summed E-state index contributed by atoms with van der Waals surface area (Å²) in [6, 6.07) is 14.1. The Labute approximate surface area is 222 Å². The van der Waals surface area contributed by atoms with Crippen LogP contribution in [0.1, 0.15) is 56.2 Å². The highest BCUT2D eigenvalue weighted by Gasteiger charge is 2.24. The van der Waals surface area contributed by atoms with E-state index in [0.717, 1.165) is 11.6 Å². The van der Waals surface area contributed by atoms with Crippen LogP contribution in [0, 0.1) is 18.3 Å². The minimum atomic E-state index is -1.32. The highest BCUT2D eigenvalue weighted by atomic mass is 16.5. The average molecular weight is 526 g/mol. The maximum atomic E-state index is 13.1. The third kappa shape index (κ3) is 5.45. The number of anilines is 2. The number of aryl methyl sites for hydroxylation is 1. The fourth-order valence-electron chi connectivity index (χ4n) is 4.14. The number of amides is 3. The van der Waals surface area contributed by atoms with Gasteiger partial charge in [-0.25, -0.2) is 4.79 Å². The zero-order valence-corrected chi connectivity index (χ0v) is 21.2. The van der Waals surface area contributed by atoms with Gasteiger partial charge in [-0.1, -0.05) is 11.2 Å². The molecule has 0 spiro atoms. The van der Waals surface area contributed by atoms with Crippen molar-refractivity contribution in [3.8, 4) is 17.2 Å². The molecule has 11 nitrogen and oxygen atoms in total. The maximum Gasteiger partial charge on any atom is 0.337 e. The molecule has 39 heavy (non-hydrogen) atoms. The van der Waals surface area contributed by atoms with Gasteiger partial charge in [-0.15, -0.1) is 0 Å². The number of carboxylic acids is 1. The molecule has 196 valence electrons. The molecule has 0 saturated carbocycles. The van der Waals surface area contributed by atoms with E-state index in [9.17, 15) is 24.3 Å². The molecule has 0 radical (unpaired) electrons. The minimum absolute atomic E-state index is 0.0295. The number of hydrogen-bond donors (Lipinski definition) is 4. The lowest BCUT2D eigenvalue weighted by molar-refractivity contribution is -0.114. The predicted octanol–water partition coefficient (Wildman–Crippen LogP) is 4.33. The van der Waals surface area contributed by atoms with Gasteiger partial charge in [0.25, 0.3) is 11.8 Å². The van der Waals surface area contributed by atoms with Gasteiger partial charge in [0, 0.05) is 24.7 Å². The number of hydrogen-bond acceptors (Lipinski definition) is 7. The summed E-state index contributed by atoms with van der Waals surface area (Å²) >= 11 is 0. The van der Waals surface area contributed by atoms with Gasteiger partial charge in [0.15, 0.2) is 11.3 Å². The van der Waals surface area contributed by atoms with E-state index < -0.39 is 11.9 Å². The summed E-state index contributed by atoms with van der Waals surface area (Å²) < 4.78 is 5.44. The molecule has 0 bridgehead atoms. The van der Waals surface area contributed by atoms with Crippen LogP contribution in [0.5, 0.6) is 0 Å². The lowest BCUT2D eigenvalue weighted by atomic mass is 9.93. The van der Waals surface area contributed by atoms with E-state index >= 15 is 0 Å². The number of nitrogens with zero attached hydrogens (tertiary/aromatic N) is 2. The van der Waals surface area contributed by atoms with Gasteiger partial charge < -0.3 is 25.6 Å². The maximum absolute atomic E-state index is 13.1. The summed E-state index contributed by atoms with van der Waals surface area (Å²) in [4.78, 5) is 49.3. The molecule has 11 heteroatoms. The van der Waals surface area contributed by atoms with Gasteiger partial charge in [0.1, 0.15) is 0 Å². The van der Waals surface area contributed by atoms with Gasteiger partial charge in [0.2, 0.25) is 5.91 Å². The molecule has 1 heterocycles. The Morgan fingerprint density at radius 2 is 1.74 bits per heavy atom. The number of fused-ring (bicyclic) bond motifs is 1. The first kappa shape index (κ1) is 26.6. The Morgan fingerprint density at radius 3 is 2.38 bits per heavy atom. The number of benzene rings is 3. The Balaban J connectivity index is 1.79.